The maximum absolute atomic E-state index is 12.0. The number of H-pyrrole nitrogens is 1. The van der Waals surface area contributed by atoms with Crippen LogP contribution in [0.5, 0.6) is 0 Å². The highest BCUT2D eigenvalue weighted by molar-refractivity contribution is 5.99. The SMILES string of the molecule is Cc1[nH]ncc1CNC(=O)c1ccccc1NN. The molecule has 1 aromatic carbocycles. The predicted octanol–water partition coefficient (Wildman–Crippen LogP) is 0.934. The summed E-state index contributed by atoms with van der Waals surface area (Å²) in [6.45, 7) is 2.34. The fourth-order valence-electron chi connectivity index (χ4n) is 1.63. The Hall–Kier alpha value is -2.34. The Morgan fingerprint density at radius 2 is 2.22 bits per heavy atom. The number of nitrogens with two attached hydrogens (primary N) is 1. The quantitative estimate of drug-likeness (QED) is 0.476. The van der Waals surface area contributed by atoms with Crippen LogP contribution in [-0.2, 0) is 6.54 Å². The molecule has 0 aliphatic heterocycles. The third kappa shape index (κ3) is 2.49. The monoisotopic (exact) mass is 245 g/mol. The molecule has 0 aliphatic carbocycles. The van der Waals surface area contributed by atoms with Gasteiger partial charge in [-0.15, -0.1) is 0 Å². The topological polar surface area (TPSA) is 95.8 Å². The van der Waals surface area contributed by atoms with Crippen LogP contribution in [-0.4, -0.2) is 16.1 Å². The molecule has 1 amide bonds. The summed E-state index contributed by atoms with van der Waals surface area (Å²) in [5.41, 5.74) is 5.52. The molecule has 18 heavy (non-hydrogen) atoms. The molecular formula is C12H15N5O. The van der Waals surface area contributed by atoms with Gasteiger partial charge in [0.1, 0.15) is 0 Å². The van der Waals surface area contributed by atoms with Crippen molar-refractivity contribution < 1.29 is 4.79 Å². The minimum absolute atomic E-state index is 0.177. The van der Waals surface area contributed by atoms with Crippen molar-refractivity contribution in [2.24, 2.45) is 5.84 Å². The van der Waals surface area contributed by atoms with Crippen molar-refractivity contribution in [3.05, 3.63) is 47.3 Å². The second-order valence-corrected chi connectivity index (χ2v) is 3.89. The van der Waals surface area contributed by atoms with E-state index >= 15 is 0 Å². The van der Waals surface area contributed by atoms with Gasteiger partial charge < -0.3 is 10.7 Å². The number of carbonyl (C=O) groups excluding carboxylic acids is 1. The number of aromatic amines is 1. The number of nitrogens with zero attached hydrogens (tertiary/aromatic N) is 1. The van der Waals surface area contributed by atoms with E-state index in [2.05, 4.69) is 20.9 Å². The number of hydrazine groups is 1. The summed E-state index contributed by atoms with van der Waals surface area (Å²) in [5, 5.41) is 9.54. The zero-order valence-electron chi connectivity index (χ0n) is 10.0. The Kier molecular flexibility index (Phi) is 3.59. The largest absolute Gasteiger partial charge is 0.348 e. The third-order valence-electron chi connectivity index (χ3n) is 2.70. The van der Waals surface area contributed by atoms with Gasteiger partial charge in [-0.3, -0.25) is 15.7 Å². The van der Waals surface area contributed by atoms with Gasteiger partial charge in [-0.25, -0.2) is 0 Å². The number of benzene rings is 1. The fourth-order valence-corrected chi connectivity index (χ4v) is 1.63. The molecule has 2 aromatic rings. The molecule has 0 saturated heterocycles. The van der Waals surface area contributed by atoms with E-state index in [1.165, 1.54) is 0 Å². The first-order valence-corrected chi connectivity index (χ1v) is 5.55. The molecule has 0 radical (unpaired) electrons. The van der Waals surface area contributed by atoms with E-state index in [4.69, 9.17) is 5.84 Å². The zero-order valence-corrected chi connectivity index (χ0v) is 10.0. The van der Waals surface area contributed by atoms with Crippen molar-refractivity contribution in [1.29, 1.82) is 0 Å². The summed E-state index contributed by atoms with van der Waals surface area (Å²) in [6, 6.07) is 7.07. The number of rotatable bonds is 4. The van der Waals surface area contributed by atoms with Crippen LogP contribution in [0.25, 0.3) is 0 Å². The maximum atomic E-state index is 12.0. The number of nitrogens with one attached hydrogen (secondary N) is 3. The highest BCUT2D eigenvalue weighted by Crippen LogP contribution is 2.13. The van der Waals surface area contributed by atoms with E-state index in [0.29, 0.717) is 17.8 Å². The van der Waals surface area contributed by atoms with Crippen molar-refractivity contribution in [3.63, 3.8) is 0 Å². The van der Waals surface area contributed by atoms with Gasteiger partial charge in [-0.1, -0.05) is 12.1 Å². The Morgan fingerprint density at radius 3 is 2.89 bits per heavy atom. The molecule has 1 aromatic heterocycles. The van der Waals surface area contributed by atoms with Gasteiger partial charge in [0.15, 0.2) is 0 Å². The number of hydrogen-bond acceptors (Lipinski definition) is 4. The van der Waals surface area contributed by atoms with E-state index < -0.39 is 0 Å². The molecule has 1 heterocycles. The molecule has 0 fully saturated rings. The minimum Gasteiger partial charge on any atom is -0.348 e. The van der Waals surface area contributed by atoms with E-state index in [0.717, 1.165) is 11.3 Å². The Labute approximate surface area is 105 Å². The summed E-state index contributed by atoms with van der Waals surface area (Å²) in [5.74, 6) is 5.18. The summed E-state index contributed by atoms with van der Waals surface area (Å²) in [6.07, 6.45) is 1.70. The number of nitrogen functional groups attached to an aromatic ring is 1. The highest BCUT2D eigenvalue weighted by Gasteiger charge is 2.10. The molecular weight excluding hydrogens is 230 g/mol. The standard InChI is InChI=1S/C12H15N5O/c1-8-9(7-15-17-8)6-14-12(18)10-4-2-3-5-11(10)16-13/h2-5,7,16H,6,13H2,1H3,(H,14,18)(H,15,17). The Bertz CT molecular complexity index is 549. The second-order valence-electron chi connectivity index (χ2n) is 3.89. The highest BCUT2D eigenvalue weighted by atomic mass is 16.1. The molecule has 0 spiro atoms. The number of aryl methyl sites for hydroxylation is 1. The van der Waals surface area contributed by atoms with E-state index in [1.54, 1.807) is 24.4 Å². The second kappa shape index (κ2) is 5.33. The number of para-hydroxylation sites is 1. The molecule has 0 unspecified atom stereocenters. The summed E-state index contributed by atoms with van der Waals surface area (Å²) in [7, 11) is 0. The van der Waals surface area contributed by atoms with Crippen LogP contribution < -0.4 is 16.6 Å². The first-order chi connectivity index (χ1) is 8.72. The molecule has 0 bridgehead atoms. The molecule has 5 N–H and O–H groups in total. The van der Waals surface area contributed by atoms with Crippen LogP contribution in [0.1, 0.15) is 21.6 Å². The Morgan fingerprint density at radius 1 is 1.44 bits per heavy atom. The number of hydrogen-bond donors (Lipinski definition) is 4. The van der Waals surface area contributed by atoms with Crippen LogP contribution >= 0.6 is 0 Å². The number of amides is 1. The molecule has 0 saturated carbocycles. The zero-order chi connectivity index (χ0) is 13.0. The van der Waals surface area contributed by atoms with Crippen molar-refractivity contribution in [3.8, 4) is 0 Å². The van der Waals surface area contributed by atoms with Gasteiger partial charge in [0.25, 0.3) is 5.91 Å². The minimum atomic E-state index is -0.177. The number of anilines is 1. The molecule has 94 valence electrons. The number of aromatic nitrogens is 2. The summed E-state index contributed by atoms with van der Waals surface area (Å²) in [4.78, 5) is 12.0. The normalized spacial score (nSPS) is 10.1. The summed E-state index contributed by atoms with van der Waals surface area (Å²) >= 11 is 0. The van der Waals surface area contributed by atoms with Crippen molar-refractivity contribution in [1.82, 2.24) is 15.5 Å². The lowest BCUT2D eigenvalue weighted by atomic mass is 10.1. The third-order valence-corrected chi connectivity index (χ3v) is 2.70. The molecule has 2 rings (SSSR count). The smallest absolute Gasteiger partial charge is 0.253 e. The average molecular weight is 245 g/mol. The first kappa shape index (κ1) is 12.1. The van der Waals surface area contributed by atoms with E-state index in [1.807, 2.05) is 13.0 Å². The predicted molar refractivity (Wildman–Crippen MR) is 68.7 cm³/mol. The molecule has 0 aliphatic rings. The van der Waals surface area contributed by atoms with E-state index in [9.17, 15) is 4.79 Å². The van der Waals surface area contributed by atoms with Gasteiger partial charge in [0.2, 0.25) is 0 Å². The van der Waals surface area contributed by atoms with Crippen LogP contribution in [0.2, 0.25) is 0 Å². The van der Waals surface area contributed by atoms with Gasteiger partial charge in [-0.05, 0) is 19.1 Å². The van der Waals surface area contributed by atoms with E-state index in [-0.39, 0.29) is 5.91 Å². The van der Waals surface area contributed by atoms with Gasteiger partial charge >= 0.3 is 0 Å². The molecule has 0 atom stereocenters. The van der Waals surface area contributed by atoms with Crippen LogP contribution in [0.4, 0.5) is 5.69 Å². The maximum Gasteiger partial charge on any atom is 0.253 e. The van der Waals surface area contributed by atoms with Gasteiger partial charge in [0.05, 0.1) is 17.4 Å². The van der Waals surface area contributed by atoms with Gasteiger partial charge in [-0.2, -0.15) is 5.10 Å². The van der Waals surface area contributed by atoms with Crippen molar-refractivity contribution >= 4 is 11.6 Å². The molecule has 6 heteroatoms. The molecule has 6 nitrogen and oxygen atoms in total. The van der Waals surface area contributed by atoms with Crippen LogP contribution in [0.15, 0.2) is 30.5 Å². The lowest BCUT2D eigenvalue weighted by Crippen LogP contribution is -2.24. The average Bonchev–Trinajstić information content (AvgIpc) is 2.81. The number of carbonyl (C=O) groups is 1. The Balaban J connectivity index is 2.06. The summed E-state index contributed by atoms with van der Waals surface area (Å²) < 4.78 is 0. The van der Waals surface area contributed by atoms with Crippen molar-refractivity contribution in [2.45, 2.75) is 13.5 Å². The van der Waals surface area contributed by atoms with Crippen LogP contribution in [0.3, 0.4) is 0 Å². The van der Waals surface area contributed by atoms with Crippen LogP contribution in [0, 0.1) is 6.92 Å². The van der Waals surface area contributed by atoms with Crippen molar-refractivity contribution in [2.75, 3.05) is 5.43 Å². The first-order valence-electron chi connectivity index (χ1n) is 5.55. The lowest BCUT2D eigenvalue weighted by molar-refractivity contribution is 0.0951. The fraction of sp³-hybridized carbons (Fsp3) is 0.167. The van der Waals surface area contributed by atoms with Gasteiger partial charge in [0, 0.05) is 17.8 Å². The lowest BCUT2D eigenvalue weighted by Gasteiger charge is -2.09.